The van der Waals surface area contributed by atoms with Crippen LogP contribution in [0.2, 0.25) is 0 Å². The van der Waals surface area contributed by atoms with Gasteiger partial charge in [0.25, 0.3) is 0 Å². The van der Waals surface area contributed by atoms with Gasteiger partial charge in [0, 0.05) is 0 Å². The van der Waals surface area contributed by atoms with Gasteiger partial charge in [-0.3, -0.25) is 0 Å². The summed E-state index contributed by atoms with van der Waals surface area (Å²) in [6.45, 7) is 5.54. The average Bonchev–Trinajstić information content (AvgIpc) is 1.89. The van der Waals surface area contributed by atoms with Gasteiger partial charge in [-0.1, -0.05) is 20.3 Å². The Morgan fingerprint density at radius 2 is 1.90 bits per heavy atom. The molecule has 0 aromatic heterocycles. The van der Waals surface area contributed by atoms with Crippen LogP contribution in [0.25, 0.3) is 0 Å². The molecule has 62 valence electrons. The molecule has 0 radical (unpaired) electrons. The quantitative estimate of drug-likeness (QED) is 0.627. The molecule has 2 N–H and O–H groups in total. The third kappa shape index (κ3) is 2.67. The van der Waals surface area contributed by atoms with E-state index in [1.807, 2.05) is 13.8 Å². The van der Waals surface area contributed by atoms with Gasteiger partial charge in [-0.2, -0.15) is 0 Å². The highest BCUT2D eigenvalue weighted by molar-refractivity contribution is 4.79. The minimum absolute atomic E-state index is 0.567. The van der Waals surface area contributed by atoms with Crippen molar-refractivity contribution in [2.45, 2.75) is 51.7 Å². The number of aliphatic hydroxyl groups is 2. The molecule has 0 saturated heterocycles. The van der Waals surface area contributed by atoms with Crippen molar-refractivity contribution < 1.29 is 10.2 Å². The second-order valence-electron chi connectivity index (χ2n) is 3.02. The van der Waals surface area contributed by atoms with Gasteiger partial charge in [0.15, 0.2) is 0 Å². The Labute approximate surface area is 62.9 Å². The van der Waals surface area contributed by atoms with E-state index in [1.54, 1.807) is 6.92 Å². The highest BCUT2D eigenvalue weighted by Gasteiger charge is 2.26. The Morgan fingerprint density at radius 3 is 2.20 bits per heavy atom. The number of rotatable bonds is 4. The van der Waals surface area contributed by atoms with Crippen molar-refractivity contribution in [2.24, 2.45) is 0 Å². The van der Waals surface area contributed by atoms with Gasteiger partial charge in [-0.25, -0.2) is 0 Å². The van der Waals surface area contributed by atoms with Crippen molar-refractivity contribution in [3.63, 3.8) is 0 Å². The van der Waals surface area contributed by atoms with E-state index in [-0.39, 0.29) is 0 Å². The lowest BCUT2D eigenvalue weighted by molar-refractivity contribution is -0.0671. The van der Waals surface area contributed by atoms with Gasteiger partial charge in [0.2, 0.25) is 0 Å². The standard InChI is InChI=1S/C8H18O2/c1-4-6-7(9)8(3,10)5-2/h7,9-10H,4-6H2,1-3H3. The van der Waals surface area contributed by atoms with E-state index in [0.29, 0.717) is 12.8 Å². The molecule has 2 heteroatoms. The van der Waals surface area contributed by atoms with Gasteiger partial charge in [-0.05, 0) is 19.8 Å². The summed E-state index contributed by atoms with van der Waals surface area (Å²) in [4.78, 5) is 0. The lowest BCUT2D eigenvalue weighted by Gasteiger charge is -2.27. The third-order valence-electron chi connectivity index (χ3n) is 2.00. The third-order valence-corrected chi connectivity index (χ3v) is 2.00. The van der Waals surface area contributed by atoms with Crippen LogP contribution in [0.15, 0.2) is 0 Å². The topological polar surface area (TPSA) is 40.5 Å². The molecule has 0 aliphatic heterocycles. The molecule has 2 unspecified atom stereocenters. The van der Waals surface area contributed by atoms with E-state index in [0.717, 1.165) is 6.42 Å². The average molecular weight is 146 g/mol. The monoisotopic (exact) mass is 146 g/mol. The zero-order chi connectivity index (χ0) is 8.20. The number of aliphatic hydroxyl groups excluding tert-OH is 1. The van der Waals surface area contributed by atoms with Gasteiger partial charge in [-0.15, -0.1) is 0 Å². The normalized spacial score (nSPS) is 20.1. The van der Waals surface area contributed by atoms with Gasteiger partial charge in [0.1, 0.15) is 0 Å². The van der Waals surface area contributed by atoms with E-state index in [2.05, 4.69) is 0 Å². The first kappa shape index (κ1) is 9.92. The molecule has 10 heavy (non-hydrogen) atoms. The predicted octanol–water partition coefficient (Wildman–Crippen LogP) is 1.31. The molecule has 0 heterocycles. The maximum atomic E-state index is 9.47. The summed E-state index contributed by atoms with van der Waals surface area (Å²) in [6.07, 6.45) is 1.63. The molecule has 0 rings (SSSR count). The van der Waals surface area contributed by atoms with Crippen molar-refractivity contribution in [3.8, 4) is 0 Å². The Morgan fingerprint density at radius 1 is 1.40 bits per heavy atom. The fourth-order valence-electron chi connectivity index (χ4n) is 0.820. The van der Waals surface area contributed by atoms with Crippen LogP contribution in [0.5, 0.6) is 0 Å². The fourth-order valence-corrected chi connectivity index (χ4v) is 0.820. The summed E-state index contributed by atoms with van der Waals surface area (Å²) in [5.74, 6) is 0. The van der Waals surface area contributed by atoms with Gasteiger partial charge < -0.3 is 10.2 Å². The molecule has 2 nitrogen and oxygen atoms in total. The summed E-state index contributed by atoms with van der Waals surface area (Å²) >= 11 is 0. The molecule has 0 aliphatic carbocycles. The molecule has 0 bridgehead atoms. The molecule has 0 saturated carbocycles. The molecular weight excluding hydrogens is 128 g/mol. The molecule has 0 fully saturated rings. The van der Waals surface area contributed by atoms with E-state index < -0.39 is 11.7 Å². The van der Waals surface area contributed by atoms with Crippen LogP contribution in [0.3, 0.4) is 0 Å². The zero-order valence-corrected chi connectivity index (χ0v) is 7.09. The van der Waals surface area contributed by atoms with Crippen molar-refractivity contribution in [1.82, 2.24) is 0 Å². The molecular formula is C8H18O2. The van der Waals surface area contributed by atoms with Gasteiger partial charge in [0.05, 0.1) is 11.7 Å². The Kier molecular flexibility index (Phi) is 3.91. The van der Waals surface area contributed by atoms with Crippen molar-refractivity contribution >= 4 is 0 Å². The lowest BCUT2D eigenvalue weighted by atomic mass is 9.93. The highest BCUT2D eigenvalue weighted by Crippen LogP contribution is 2.17. The Bertz CT molecular complexity index is 89.3. The molecule has 0 aliphatic rings. The molecule has 0 aromatic rings. The van der Waals surface area contributed by atoms with E-state index in [9.17, 15) is 10.2 Å². The minimum atomic E-state index is -0.893. The Hall–Kier alpha value is -0.0800. The highest BCUT2D eigenvalue weighted by atomic mass is 16.3. The molecule has 0 amide bonds. The van der Waals surface area contributed by atoms with Crippen LogP contribution in [-0.4, -0.2) is 21.9 Å². The first-order valence-corrected chi connectivity index (χ1v) is 3.95. The smallest absolute Gasteiger partial charge is 0.0874 e. The van der Waals surface area contributed by atoms with E-state index >= 15 is 0 Å². The SMILES string of the molecule is CCCC(O)C(C)(O)CC. The van der Waals surface area contributed by atoms with Crippen molar-refractivity contribution in [1.29, 1.82) is 0 Å². The summed E-state index contributed by atoms with van der Waals surface area (Å²) in [5, 5.41) is 18.8. The van der Waals surface area contributed by atoms with Gasteiger partial charge >= 0.3 is 0 Å². The summed E-state index contributed by atoms with van der Waals surface area (Å²) in [6, 6.07) is 0. The minimum Gasteiger partial charge on any atom is -0.390 e. The van der Waals surface area contributed by atoms with Crippen molar-refractivity contribution in [3.05, 3.63) is 0 Å². The fraction of sp³-hybridized carbons (Fsp3) is 1.00. The van der Waals surface area contributed by atoms with Crippen molar-refractivity contribution in [2.75, 3.05) is 0 Å². The Balaban J connectivity index is 3.78. The zero-order valence-electron chi connectivity index (χ0n) is 7.09. The maximum Gasteiger partial charge on any atom is 0.0874 e. The van der Waals surface area contributed by atoms with Crippen LogP contribution in [0.1, 0.15) is 40.0 Å². The van der Waals surface area contributed by atoms with Crippen LogP contribution in [-0.2, 0) is 0 Å². The first-order valence-electron chi connectivity index (χ1n) is 3.95. The second kappa shape index (κ2) is 3.94. The molecule has 2 atom stereocenters. The predicted molar refractivity (Wildman–Crippen MR) is 41.8 cm³/mol. The largest absolute Gasteiger partial charge is 0.390 e. The van der Waals surface area contributed by atoms with E-state index in [1.165, 1.54) is 0 Å². The summed E-state index contributed by atoms with van der Waals surface area (Å²) < 4.78 is 0. The molecule has 0 aromatic carbocycles. The number of hydrogen-bond donors (Lipinski definition) is 2. The maximum absolute atomic E-state index is 9.47. The number of hydrogen-bond acceptors (Lipinski definition) is 2. The second-order valence-corrected chi connectivity index (χ2v) is 3.02. The van der Waals surface area contributed by atoms with Crippen LogP contribution < -0.4 is 0 Å². The van der Waals surface area contributed by atoms with E-state index in [4.69, 9.17) is 0 Å². The lowest BCUT2D eigenvalue weighted by Crippen LogP contribution is -2.38. The molecule has 0 spiro atoms. The summed E-state index contributed by atoms with van der Waals surface area (Å²) in [5.41, 5.74) is -0.893. The van der Waals surface area contributed by atoms with Crippen LogP contribution >= 0.6 is 0 Å². The van der Waals surface area contributed by atoms with Crippen LogP contribution in [0, 0.1) is 0 Å². The van der Waals surface area contributed by atoms with Crippen LogP contribution in [0.4, 0.5) is 0 Å². The summed E-state index contributed by atoms with van der Waals surface area (Å²) in [7, 11) is 0. The first-order chi connectivity index (χ1) is 4.54.